The van der Waals surface area contributed by atoms with Crippen LogP contribution < -0.4 is 0 Å². The van der Waals surface area contributed by atoms with Crippen molar-refractivity contribution in [3.8, 4) is 5.75 Å². The number of hydrogen-bond acceptors (Lipinski definition) is 2. The van der Waals surface area contributed by atoms with Crippen molar-refractivity contribution in [2.45, 2.75) is 26.2 Å². The predicted molar refractivity (Wildman–Crippen MR) is 50.3 cm³/mol. The van der Waals surface area contributed by atoms with Gasteiger partial charge in [0, 0.05) is 0 Å². The van der Waals surface area contributed by atoms with Crippen molar-refractivity contribution in [2.75, 3.05) is 0 Å². The summed E-state index contributed by atoms with van der Waals surface area (Å²) in [6, 6.07) is 1.77. The molecule has 1 aromatic rings. The third-order valence-corrected chi connectivity index (χ3v) is 2.75. The van der Waals surface area contributed by atoms with Gasteiger partial charge in [-0.05, 0) is 48.9 Å². The highest BCUT2D eigenvalue weighted by Gasteiger charge is 2.19. The lowest BCUT2D eigenvalue weighted by atomic mass is 10.00. The van der Waals surface area contributed by atoms with Crippen LogP contribution in [0.3, 0.4) is 0 Å². The van der Waals surface area contributed by atoms with Crippen molar-refractivity contribution < 1.29 is 9.90 Å². The molecule has 1 aromatic carbocycles. The average molecular weight is 176 g/mol. The molecule has 0 saturated heterocycles. The van der Waals surface area contributed by atoms with Gasteiger partial charge >= 0.3 is 0 Å². The number of phenols is 1. The molecule has 2 rings (SSSR count). The molecule has 0 aromatic heterocycles. The van der Waals surface area contributed by atoms with Crippen molar-refractivity contribution in [1.82, 2.24) is 0 Å². The zero-order valence-corrected chi connectivity index (χ0v) is 7.63. The van der Waals surface area contributed by atoms with Gasteiger partial charge in [0.15, 0.2) is 6.29 Å². The van der Waals surface area contributed by atoms with Crippen LogP contribution >= 0.6 is 0 Å². The second-order valence-corrected chi connectivity index (χ2v) is 3.56. The number of rotatable bonds is 1. The summed E-state index contributed by atoms with van der Waals surface area (Å²) in [6.07, 6.45) is 3.75. The van der Waals surface area contributed by atoms with E-state index in [0.29, 0.717) is 5.56 Å². The SMILES string of the molecule is Cc1cc(C=O)c(O)c2c1CCC2. The van der Waals surface area contributed by atoms with Crippen LogP contribution in [0.4, 0.5) is 0 Å². The smallest absolute Gasteiger partial charge is 0.153 e. The summed E-state index contributed by atoms with van der Waals surface area (Å²) in [5, 5.41) is 9.70. The molecule has 0 amide bonds. The van der Waals surface area contributed by atoms with Crippen LogP contribution in [0.25, 0.3) is 0 Å². The van der Waals surface area contributed by atoms with Crippen molar-refractivity contribution in [3.05, 3.63) is 28.3 Å². The van der Waals surface area contributed by atoms with E-state index in [2.05, 4.69) is 0 Å². The summed E-state index contributed by atoms with van der Waals surface area (Å²) in [5.41, 5.74) is 3.79. The lowest BCUT2D eigenvalue weighted by Crippen LogP contribution is -1.93. The van der Waals surface area contributed by atoms with Crippen LogP contribution in [-0.4, -0.2) is 11.4 Å². The number of hydrogen-bond donors (Lipinski definition) is 1. The largest absolute Gasteiger partial charge is 0.507 e. The van der Waals surface area contributed by atoms with E-state index in [1.165, 1.54) is 5.56 Å². The van der Waals surface area contributed by atoms with Gasteiger partial charge in [0.2, 0.25) is 0 Å². The minimum Gasteiger partial charge on any atom is -0.507 e. The van der Waals surface area contributed by atoms with Gasteiger partial charge in [0.1, 0.15) is 5.75 Å². The second-order valence-electron chi connectivity index (χ2n) is 3.56. The number of fused-ring (bicyclic) bond motifs is 1. The normalized spacial score (nSPS) is 14.2. The first-order valence-electron chi connectivity index (χ1n) is 4.53. The first-order chi connectivity index (χ1) is 6.24. The van der Waals surface area contributed by atoms with Gasteiger partial charge in [0.25, 0.3) is 0 Å². The summed E-state index contributed by atoms with van der Waals surface area (Å²) in [4.78, 5) is 10.6. The van der Waals surface area contributed by atoms with Gasteiger partial charge in [-0.1, -0.05) is 0 Å². The van der Waals surface area contributed by atoms with E-state index in [-0.39, 0.29) is 5.75 Å². The lowest BCUT2D eigenvalue weighted by molar-refractivity contribution is 0.112. The molecule has 2 nitrogen and oxygen atoms in total. The highest BCUT2D eigenvalue weighted by Crippen LogP contribution is 2.34. The highest BCUT2D eigenvalue weighted by molar-refractivity contribution is 5.81. The van der Waals surface area contributed by atoms with Crippen LogP contribution in [-0.2, 0) is 12.8 Å². The van der Waals surface area contributed by atoms with E-state index < -0.39 is 0 Å². The Kier molecular flexibility index (Phi) is 1.83. The number of aryl methyl sites for hydroxylation is 1. The Hall–Kier alpha value is -1.31. The molecule has 0 spiro atoms. The molecule has 0 atom stereocenters. The van der Waals surface area contributed by atoms with E-state index >= 15 is 0 Å². The number of carbonyl (C=O) groups is 1. The van der Waals surface area contributed by atoms with Crippen molar-refractivity contribution >= 4 is 6.29 Å². The molecule has 0 unspecified atom stereocenters. The fourth-order valence-corrected chi connectivity index (χ4v) is 2.09. The summed E-state index contributed by atoms with van der Waals surface area (Å²) in [6.45, 7) is 2.00. The Balaban J connectivity index is 2.69. The standard InChI is InChI=1S/C11H12O2/c1-7-5-8(6-12)11(13)10-4-2-3-9(7)10/h5-6,13H,2-4H2,1H3. The minimum atomic E-state index is 0.202. The van der Waals surface area contributed by atoms with Gasteiger partial charge in [-0.2, -0.15) is 0 Å². The number of benzene rings is 1. The van der Waals surface area contributed by atoms with Gasteiger partial charge in [0.05, 0.1) is 5.56 Å². The lowest BCUT2D eigenvalue weighted by Gasteiger charge is -2.08. The molecule has 0 radical (unpaired) electrons. The summed E-state index contributed by atoms with van der Waals surface area (Å²) < 4.78 is 0. The van der Waals surface area contributed by atoms with Crippen LogP contribution in [0.5, 0.6) is 5.75 Å². The number of aromatic hydroxyl groups is 1. The third-order valence-electron chi connectivity index (χ3n) is 2.75. The molecule has 13 heavy (non-hydrogen) atoms. The Morgan fingerprint density at radius 3 is 2.77 bits per heavy atom. The Morgan fingerprint density at radius 2 is 2.08 bits per heavy atom. The van der Waals surface area contributed by atoms with Crippen LogP contribution in [0.1, 0.15) is 33.5 Å². The highest BCUT2D eigenvalue weighted by atomic mass is 16.3. The second kappa shape index (κ2) is 2.87. The van der Waals surface area contributed by atoms with Crippen molar-refractivity contribution in [2.24, 2.45) is 0 Å². The fourth-order valence-electron chi connectivity index (χ4n) is 2.09. The molecule has 1 aliphatic carbocycles. The molecule has 0 aliphatic heterocycles. The molecule has 68 valence electrons. The monoisotopic (exact) mass is 176 g/mol. The molecule has 1 N–H and O–H groups in total. The molecule has 0 bridgehead atoms. The zero-order valence-electron chi connectivity index (χ0n) is 7.63. The third kappa shape index (κ3) is 1.13. The molecule has 2 heteroatoms. The average Bonchev–Trinajstić information content (AvgIpc) is 2.60. The van der Waals surface area contributed by atoms with E-state index in [0.717, 1.165) is 36.7 Å². The first-order valence-corrected chi connectivity index (χ1v) is 4.53. The van der Waals surface area contributed by atoms with Crippen LogP contribution in [0.2, 0.25) is 0 Å². The molecular weight excluding hydrogens is 164 g/mol. The predicted octanol–water partition coefficient (Wildman–Crippen LogP) is 2.00. The number of aldehydes is 1. The zero-order chi connectivity index (χ0) is 9.42. The van der Waals surface area contributed by atoms with Crippen LogP contribution in [0.15, 0.2) is 6.07 Å². The first kappa shape index (κ1) is 8.30. The van der Waals surface area contributed by atoms with Gasteiger partial charge in [-0.15, -0.1) is 0 Å². The molecule has 0 heterocycles. The summed E-state index contributed by atoms with van der Waals surface area (Å²) >= 11 is 0. The number of carbonyl (C=O) groups excluding carboxylic acids is 1. The van der Waals surface area contributed by atoms with Gasteiger partial charge < -0.3 is 5.11 Å². The fraction of sp³-hybridized carbons (Fsp3) is 0.364. The van der Waals surface area contributed by atoms with E-state index in [4.69, 9.17) is 0 Å². The maximum Gasteiger partial charge on any atom is 0.153 e. The molecule has 0 saturated carbocycles. The maximum absolute atomic E-state index is 10.6. The number of phenolic OH excluding ortho intramolecular Hbond substituents is 1. The Morgan fingerprint density at radius 1 is 1.38 bits per heavy atom. The topological polar surface area (TPSA) is 37.3 Å². The van der Waals surface area contributed by atoms with E-state index in [9.17, 15) is 9.90 Å². The van der Waals surface area contributed by atoms with E-state index in [1.54, 1.807) is 6.07 Å². The summed E-state index contributed by atoms with van der Waals surface area (Å²) in [5.74, 6) is 0.202. The molecular formula is C11H12O2. The van der Waals surface area contributed by atoms with Gasteiger partial charge in [-0.3, -0.25) is 4.79 Å². The molecule has 0 fully saturated rings. The van der Waals surface area contributed by atoms with E-state index in [1.807, 2.05) is 6.92 Å². The molecule has 1 aliphatic rings. The van der Waals surface area contributed by atoms with Crippen molar-refractivity contribution in [3.63, 3.8) is 0 Å². The Bertz CT molecular complexity index is 367. The van der Waals surface area contributed by atoms with Gasteiger partial charge in [-0.25, -0.2) is 0 Å². The minimum absolute atomic E-state index is 0.202. The Labute approximate surface area is 77.2 Å². The van der Waals surface area contributed by atoms with Crippen molar-refractivity contribution in [1.29, 1.82) is 0 Å². The summed E-state index contributed by atoms with van der Waals surface area (Å²) in [7, 11) is 0. The van der Waals surface area contributed by atoms with Crippen LogP contribution in [0, 0.1) is 6.92 Å². The maximum atomic E-state index is 10.6. The quantitative estimate of drug-likeness (QED) is 0.664.